The molecule has 8 heavy (non-hydrogen) atoms. The Hall–Kier alpha value is 2.36. The van der Waals surface area contributed by atoms with Gasteiger partial charge in [0.25, 0.3) is 0 Å². The molecule has 0 heterocycles. The second-order valence-electron chi connectivity index (χ2n) is 0.513. The monoisotopic (exact) mass is 198 g/mol. The largest absolute Gasteiger partial charge is 2.00 e. The van der Waals surface area contributed by atoms with Crippen LogP contribution in [0, 0.1) is 0 Å². The van der Waals surface area contributed by atoms with Crippen molar-refractivity contribution in [2.75, 3.05) is 0 Å². The summed E-state index contributed by atoms with van der Waals surface area (Å²) in [6.45, 7) is 0. The van der Waals surface area contributed by atoms with Crippen LogP contribution in [0.5, 0.6) is 0 Å². The third kappa shape index (κ3) is 81.4. The van der Waals surface area contributed by atoms with Gasteiger partial charge in [-0.3, -0.25) is 0 Å². The molecule has 0 unspecified atom stereocenters. The Kier molecular flexibility index (Phi) is 26.2. The van der Waals surface area contributed by atoms with Gasteiger partial charge in [0.05, 0.1) is 0 Å². The second-order valence-corrected chi connectivity index (χ2v) is 1.54. The zero-order chi connectivity index (χ0) is 4.50. The zero-order valence-corrected chi connectivity index (χ0v) is 9.40. The van der Waals surface area contributed by atoms with Gasteiger partial charge in [-0.1, -0.05) is 0 Å². The van der Waals surface area contributed by atoms with Gasteiger partial charge in [-0.25, -0.2) is 4.57 Å². The first kappa shape index (κ1) is 22.4. The van der Waals surface area contributed by atoms with Crippen LogP contribution in [0.25, 0.3) is 0 Å². The fourth-order valence-corrected chi connectivity index (χ4v) is 0. The van der Waals surface area contributed by atoms with E-state index in [1.807, 2.05) is 0 Å². The molecule has 44 valence electrons. The van der Waals surface area contributed by atoms with E-state index in [2.05, 4.69) is 0 Å². The molecule has 0 aliphatic heterocycles. The molecule has 0 aliphatic rings. The Bertz CT molecular complexity index is 71.2. The maximum atomic E-state index is 8.88. The fraction of sp³-hybridized carbons (Fsp3) is 0. The molecule has 0 saturated carbocycles. The summed E-state index contributed by atoms with van der Waals surface area (Å²) in [5, 5.41) is 0. The first-order chi connectivity index (χ1) is 2.00. The molecule has 0 aromatic heterocycles. The summed E-state index contributed by atoms with van der Waals surface area (Å²) in [7, 11) is -4.64. The van der Waals surface area contributed by atoms with Crippen LogP contribution in [-0.2, 0) is 26.3 Å². The van der Waals surface area contributed by atoms with Crippen molar-refractivity contribution in [3.05, 3.63) is 0 Å². The molecule has 0 aromatic carbocycles. The third-order valence-corrected chi connectivity index (χ3v) is 0. The van der Waals surface area contributed by atoms with Crippen LogP contribution in [0.2, 0.25) is 0 Å². The van der Waals surface area contributed by atoms with Crippen molar-refractivity contribution < 1.29 is 46.7 Å². The summed E-state index contributed by atoms with van der Waals surface area (Å²) in [4.78, 5) is 21.6. The van der Waals surface area contributed by atoms with E-state index in [9.17, 15) is 0 Å². The minimum absolute atomic E-state index is 0. The molecule has 0 rings (SSSR count). The van der Waals surface area contributed by atoms with E-state index >= 15 is 0 Å². The molecule has 0 bridgehead atoms. The van der Waals surface area contributed by atoms with Gasteiger partial charge in [0.1, 0.15) is 0 Å². The molecule has 0 amide bonds. The minimum atomic E-state index is -4.64. The van der Waals surface area contributed by atoms with Gasteiger partial charge < -0.3 is 20.4 Å². The van der Waals surface area contributed by atoms with Gasteiger partial charge in [-0.2, -0.15) is 0 Å². The summed E-state index contributed by atoms with van der Waals surface area (Å²) in [5.41, 5.74) is 0. The summed E-state index contributed by atoms with van der Waals surface area (Å²) >= 11 is 0. The first-order valence-corrected chi connectivity index (χ1v) is 2.35. The molecule has 0 radical (unpaired) electrons. The van der Waals surface area contributed by atoms with E-state index in [4.69, 9.17) is 19.2 Å². The zero-order valence-electron chi connectivity index (χ0n) is 8.11. The molecule has 3 N–H and O–H groups in total. The quantitative estimate of drug-likeness (QED) is 0.336. The van der Waals surface area contributed by atoms with Gasteiger partial charge in [0.2, 0.25) is 0 Å². The number of rotatable bonds is 0. The maximum Gasteiger partial charge on any atom is 2.00 e. The normalized spacial score (nSPS) is 7.38. The smallest absolute Gasteiger partial charge is 1.00 e. The predicted octanol–water partition coefficient (Wildman–Crippen LogP) is -1.24. The molecular weight excluding hydrogens is 191 g/mol. The summed E-state index contributed by atoms with van der Waals surface area (Å²) in [6.07, 6.45) is 0. The van der Waals surface area contributed by atoms with Crippen LogP contribution in [0.3, 0.4) is 0 Å². The van der Waals surface area contributed by atoms with Crippen LogP contribution in [0.15, 0.2) is 0 Å². The average molecular weight is 199 g/mol. The van der Waals surface area contributed by atoms with Gasteiger partial charge in [-0.05, 0) is 0 Å². The number of hydrogen-bond donors (Lipinski definition) is 3. The van der Waals surface area contributed by atoms with Crippen molar-refractivity contribution in [1.29, 1.82) is 0 Å². The van der Waals surface area contributed by atoms with E-state index < -0.39 is 7.82 Å². The summed E-state index contributed by atoms with van der Waals surface area (Å²) in [5.74, 6) is 0. The molecule has 0 fully saturated rings. The van der Waals surface area contributed by atoms with Crippen molar-refractivity contribution >= 4 is 53.9 Å². The molecule has 0 aliphatic carbocycles. The average Bonchev–Trinajstić information content (AvgIpc) is 0.722. The topological polar surface area (TPSA) is 77.8 Å². The Morgan fingerprint density at radius 1 is 1.12 bits per heavy atom. The van der Waals surface area contributed by atoms with Crippen molar-refractivity contribution in [1.82, 2.24) is 0 Å². The van der Waals surface area contributed by atoms with E-state index in [1.54, 1.807) is 0 Å². The molecule has 0 saturated heterocycles. The van der Waals surface area contributed by atoms with E-state index in [-0.39, 0.29) is 73.5 Å². The Morgan fingerprint density at radius 2 is 1.12 bits per heavy atom. The van der Waals surface area contributed by atoms with Crippen LogP contribution in [0.1, 0.15) is 5.71 Å². The van der Waals surface area contributed by atoms with Crippen LogP contribution in [0.4, 0.5) is 0 Å². The maximum absolute atomic E-state index is 8.88. The molecule has 4 nitrogen and oxygen atoms in total. The molecular formula is H7Mg2O4PTi. The van der Waals surface area contributed by atoms with E-state index in [0.717, 1.165) is 0 Å². The van der Waals surface area contributed by atoms with Crippen LogP contribution in [-0.4, -0.2) is 60.8 Å². The molecule has 0 spiro atoms. The van der Waals surface area contributed by atoms with Crippen molar-refractivity contribution in [3.8, 4) is 0 Å². The molecule has 0 aromatic rings. The Morgan fingerprint density at radius 3 is 1.12 bits per heavy atom. The van der Waals surface area contributed by atoms with Crippen molar-refractivity contribution in [2.45, 2.75) is 0 Å². The van der Waals surface area contributed by atoms with Crippen molar-refractivity contribution in [2.24, 2.45) is 0 Å². The summed E-state index contributed by atoms with van der Waals surface area (Å²) < 4.78 is 8.88. The molecule has 8 heteroatoms. The van der Waals surface area contributed by atoms with Gasteiger partial charge in [-0.15, -0.1) is 0 Å². The number of phosphoric acid groups is 1. The number of hydrogen-bond acceptors (Lipinski definition) is 1. The SMILES string of the molecule is O=P(O)(O)O.[H-].[H-].[H-].[H-].[Mg+2].[Mg+2].[Ti]. The standard InChI is InChI=1S/2Mg.H3O4P.Ti.4H/c;;1-5(2,3)4;;;;;/h;;(H3,1,2,3,4);;;;;/q2*+2;;;4*-1. The van der Waals surface area contributed by atoms with E-state index in [1.165, 1.54) is 0 Å². The van der Waals surface area contributed by atoms with Gasteiger partial charge >= 0.3 is 53.9 Å². The fourth-order valence-electron chi connectivity index (χ4n) is 0. The molecule has 0 atom stereocenters. The minimum Gasteiger partial charge on any atom is -1.00 e. The Balaban J connectivity index is -0.00000000381. The van der Waals surface area contributed by atoms with Gasteiger partial charge in [0, 0.05) is 21.7 Å². The second kappa shape index (κ2) is 9.36. The van der Waals surface area contributed by atoms with Crippen LogP contribution >= 0.6 is 7.82 Å². The van der Waals surface area contributed by atoms with E-state index in [0.29, 0.717) is 0 Å². The Labute approximate surface area is 99.8 Å². The summed E-state index contributed by atoms with van der Waals surface area (Å²) in [6, 6.07) is 0. The predicted molar refractivity (Wildman–Crippen MR) is 30.2 cm³/mol. The van der Waals surface area contributed by atoms with Crippen molar-refractivity contribution in [3.63, 3.8) is 0 Å². The van der Waals surface area contributed by atoms with Crippen LogP contribution < -0.4 is 0 Å². The van der Waals surface area contributed by atoms with Gasteiger partial charge in [0.15, 0.2) is 0 Å². The third-order valence-electron chi connectivity index (χ3n) is 0. The first-order valence-electron chi connectivity index (χ1n) is 0.783.